The third kappa shape index (κ3) is 9.14. The second-order valence-corrected chi connectivity index (χ2v) is 10.7. The van der Waals surface area contributed by atoms with Crippen molar-refractivity contribution in [1.82, 2.24) is 25.1 Å². The number of aromatic amines is 1. The van der Waals surface area contributed by atoms with E-state index >= 15 is 0 Å². The van der Waals surface area contributed by atoms with Gasteiger partial charge in [-0.2, -0.15) is 5.10 Å². The summed E-state index contributed by atoms with van der Waals surface area (Å²) < 4.78 is 54.1. The van der Waals surface area contributed by atoms with Gasteiger partial charge in [-0.15, -0.1) is 0 Å². The first-order valence-corrected chi connectivity index (χ1v) is 15.0. The van der Waals surface area contributed by atoms with E-state index in [0.717, 1.165) is 6.07 Å². The number of fused-ring (bicyclic) bond motifs is 1. The molecule has 44 heavy (non-hydrogen) atoms. The summed E-state index contributed by atoms with van der Waals surface area (Å²) in [4.78, 5) is 40.6. The molecular weight excluding hydrogens is 603 g/mol. The predicted molar refractivity (Wildman–Crippen MR) is 157 cm³/mol. The van der Waals surface area contributed by atoms with Gasteiger partial charge in [0.1, 0.15) is 12.1 Å². The first-order valence-electron chi connectivity index (χ1n) is 13.5. The van der Waals surface area contributed by atoms with Crippen LogP contribution in [0.4, 0.5) is 26.1 Å². The topological polar surface area (TPSA) is 184 Å². The fourth-order valence-corrected chi connectivity index (χ4v) is 4.55. The van der Waals surface area contributed by atoms with Crippen molar-refractivity contribution in [2.45, 2.75) is 19.8 Å². The number of hydrogen-bond acceptors (Lipinski definition) is 10. The minimum Gasteiger partial charge on any atom is -0.493 e. The van der Waals surface area contributed by atoms with Crippen LogP contribution in [0, 0.1) is 11.6 Å². The van der Waals surface area contributed by atoms with Gasteiger partial charge in [0.15, 0.2) is 29.0 Å². The second-order valence-electron chi connectivity index (χ2n) is 9.43. The van der Waals surface area contributed by atoms with Crippen LogP contribution in [-0.2, 0) is 20.3 Å². The second kappa shape index (κ2) is 15.0. The Morgan fingerprint density at radius 3 is 2.68 bits per heavy atom. The lowest BCUT2D eigenvalue weighted by Gasteiger charge is -2.20. The van der Waals surface area contributed by atoms with E-state index in [1.54, 1.807) is 18.2 Å². The summed E-state index contributed by atoms with van der Waals surface area (Å²) in [6.45, 7) is 3.88. The Morgan fingerprint density at radius 1 is 1.11 bits per heavy atom. The maximum Gasteiger partial charge on any atom is 0.469 e. The van der Waals surface area contributed by atoms with E-state index in [2.05, 4.69) is 35.3 Å². The van der Waals surface area contributed by atoms with E-state index in [0.29, 0.717) is 72.4 Å². The molecule has 0 bridgehead atoms. The summed E-state index contributed by atoms with van der Waals surface area (Å²) in [6, 6.07) is 8.55. The summed E-state index contributed by atoms with van der Waals surface area (Å²) >= 11 is 0. The highest BCUT2D eigenvalue weighted by molar-refractivity contribution is 7.46. The van der Waals surface area contributed by atoms with Crippen molar-refractivity contribution >= 4 is 42.0 Å². The van der Waals surface area contributed by atoms with Crippen LogP contribution >= 0.6 is 7.82 Å². The lowest BCUT2D eigenvalue weighted by atomic mass is 10.2. The molecule has 0 spiro atoms. The van der Waals surface area contributed by atoms with Crippen LogP contribution in [0.1, 0.15) is 19.0 Å². The quantitative estimate of drug-likeness (QED) is 0.0889. The monoisotopic (exact) mass is 635 g/mol. The number of anilines is 3. The number of rotatable bonds is 16. The average Bonchev–Trinajstić information content (AvgIpc) is 3.42. The molecule has 1 amide bonds. The number of phosphoric acid groups is 1. The molecule has 0 radical (unpaired) electrons. The molecule has 236 valence electrons. The van der Waals surface area contributed by atoms with Crippen molar-refractivity contribution in [3.05, 3.63) is 60.1 Å². The highest BCUT2D eigenvalue weighted by Gasteiger charge is 2.16. The number of phosphoric ester groups is 1. The van der Waals surface area contributed by atoms with Crippen LogP contribution in [0.15, 0.2) is 42.7 Å². The van der Waals surface area contributed by atoms with Gasteiger partial charge in [0, 0.05) is 36.3 Å². The minimum absolute atomic E-state index is 0.0831. The van der Waals surface area contributed by atoms with Gasteiger partial charge in [-0.25, -0.2) is 23.3 Å². The van der Waals surface area contributed by atoms with Crippen molar-refractivity contribution in [2.75, 3.05) is 50.6 Å². The lowest BCUT2D eigenvalue weighted by molar-refractivity contribution is -0.115. The van der Waals surface area contributed by atoms with Crippen LogP contribution < -0.4 is 20.1 Å². The Bertz CT molecular complexity index is 1640. The van der Waals surface area contributed by atoms with Gasteiger partial charge in [0.25, 0.3) is 0 Å². The lowest BCUT2D eigenvalue weighted by Crippen LogP contribution is -2.29. The van der Waals surface area contributed by atoms with Crippen LogP contribution in [0.5, 0.6) is 11.5 Å². The normalized spacial score (nSPS) is 11.6. The zero-order chi connectivity index (χ0) is 31.7. The number of amides is 1. The zero-order valence-electron chi connectivity index (χ0n) is 23.9. The molecule has 4 aromatic rings. The average molecular weight is 636 g/mol. The van der Waals surface area contributed by atoms with E-state index in [1.807, 2.05) is 11.8 Å². The molecule has 14 nitrogen and oxygen atoms in total. The molecule has 0 aliphatic heterocycles. The predicted octanol–water partition coefficient (Wildman–Crippen LogP) is 3.76. The Hall–Kier alpha value is -4.21. The van der Waals surface area contributed by atoms with Gasteiger partial charge in [-0.05, 0) is 31.2 Å². The van der Waals surface area contributed by atoms with Crippen LogP contribution in [0.25, 0.3) is 10.9 Å². The number of methoxy groups -OCH3 is 1. The first-order chi connectivity index (χ1) is 21.1. The van der Waals surface area contributed by atoms with Crippen molar-refractivity contribution < 1.29 is 41.9 Å². The van der Waals surface area contributed by atoms with Gasteiger partial charge in [0.05, 0.1) is 37.9 Å². The number of carbonyl (C=O) groups is 1. The summed E-state index contributed by atoms with van der Waals surface area (Å²) in [7, 11) is -2.99. The molecule has 0 saturated heterocycles. The molecule has 2 aromatic heterocycles. The number of nitrogens with one attached hydrogen (secondary N) is 3. The number of nitrogens with zero attached hydrogens (tertiary/aromatic N) is 4. The Kier molecular flexibility index (Phi) is 11.1. The number of halogens is 2. The van der Waals surface area contributed by atoms with Crippen LogP contribution in [0.2, 0.25) is 0 Å². The number of likely N-dealkylation sites (N-methyl/N-ethyl adjacent to an activating group) is 1. The third-order valence-corrected chi connectivity index (χ3v) is 6.88. The largest absolute Gasteiger partial charge is 0.493 e. The standard InChI is InChI=1S/C27H32F2N7O7P/c1-3-36(9-11-43-44(38,39)40)8-5-10-42-23-15-21-18(14-22(23)41-2)27(31-16-30-21)33-24-12-17(34-35-24)13-25(37)32-20-7-4-6-19(28)26(20)29/h4,6-7,12,14-16H,3,5,8-11,13H2,1-2H3,(H,32,37)(H2,38,39,40)(H2,30,31,33,34,35). The zero-order valence-corrected chi connectivity index (χ0v) is 24.8. The molecule has 0 fully saturated rings. The van der Waals surface area contributed by atoms with Crippen LogP contribution in [-0.4, -0.2) is 80.7 Å². The maximum absolute atomic E-state index is 13.9. The van der Waals surface area contributed by atoms with E-state index < -0.39 is 25.4 Å². The Labute approximate surface area is 251 Å². The summed E-state index contributed by atoms with van der Waals surface area (Å²) in [5.41, 5.74) is 0.728. The fourth-order valence-electron chi connectivity index (χ4n) is 4.23. The molecule has 0 aliphatic carbocycles. The summed E-state index contributed by atoms with van der Waals surface area (Å²) in [6.07, 6.45) is 1.84. The molecule has 2 aromatic carbocycles. The summed E-state index contributed by atoms with van der Waals surface area (Å²) in [5.74, 6) is -1.07. The minimum atomic E-state index is -4.50. The van der Waals surface area contributed by atoms with Crippen molar-refractivity contribution in [3.8, 4) is 11.5 Å². The van der Waals surface area contributed by atoms with E-state index in [-0.39, 0.29) is 18.7 Å². The van der Waals surface area contributed by atoms with Crippen molar-refractivity contribution in [1.29, 1.82) is 0 Å². The fraction of sp³-hybridized carbons (Fsp3) is 0.333. The van der Waals surface area contributed by atoms with Gasteiger partial charge in [-0.3, -0.25) is 14.4 Å². The van der Waals surface area contributed by atoms with Crippen molar-refractivity contribution in [3.63, 3.8) is 0 Å². The third-order valence-electron chi connectivity index (χ3n) is 6.37. The number of ether oxygens (including phenoxy) is 2. The Balaban J connectivity index is 1.36. The van der Waals surface area contributed by atoms with Crippen LogP contribution in [0.3, 0.4) is 0 Å². The molecular formula is C27H32F2N7O7P. The highest BCUT2D eigenvalue weighted by atomic mass is 31.2. The number of carbonyl (C=O) groups excluding carboxylic acids is 1. The van der Waals surface area contributed by atoms with Gasteiger partial charge >= 0.3 is 7.82 Å². The molecule has 17 heteroatoms. The van der Waals surface area contributed by atoms with Gasteiger partial charge in [-0.1, -0.05) is 13.0 Å². The molecule has 0 saturated carbocycles. The molecule has 0 unspecified atom stereocenters. The number of H-pyrrole nitrogens is 1. The number of aromatic nitrogens is 4. The van der Waals surface area contributed by atoms with E-state index in [4.69, 9.17) is 19.3 Å². The maximum atomic E-state index is 13.9. The SMILES string of the molecule is CCN(CCCOc1cc2ncnc(Nc3cc(CC(=O)Nc4cccc(F)c4F)[nH]n3)c2cc1OC)CCOP(=O)(O)O. The Morgan fingerprint density at radius 2 is 1.93 bits per heavy atom. The smallest absolute Gasteiger partial charge is 0.469 e. The molecule has 0 aliphatic rings. The molecule has 0 atom stereocenters. The van der Waals surface area contributed by atoms with Crippen molar-refractivity contribution in [2.24, 2.45) is 0 Å². The number of benzene rings is 2. The molecule has 4 rings (SSSR count). The summed E-state index contributed by atoms with van der Waals surface area (Å²) in [5, 5.41) is 12.9. The van der Waals surface area contributed by atoms with E-state index in [1.165, 1.54) is 25.6 Å². The van der Waals surface area contributed by atoms with Gasteiger partial charge < -0.3 is 34.8 Å². The number of hydrogen-bond donors (Lipinski definition) is 5. The molecule has 2 heterocycles. The van der Waals surface area contributed by atoms with E-state index in [9.17, 15) is 18.1 Å². The van der Waals surface area contributed by atoms with Gasteiger partial charge in [0.2, 0.25) is 5.91 Å². The highest BCUT2D eigenvalue weighted by Crippen LogP contribution is 2.36. The first kappa shape index (κ1) is 32.7. The molecule has 5 N–H and O–H groups in total.